The van der Waals surface area contributed by atoms with Crippen LogP contribution in [0.3, 0.4) is 0 Å². The summed E-state index contributed by atoms with van der Waals surface area (Å²) < 4.78 is 33.6. The standard InChI is InChI=1S/C14H18O5S/c1-3-5-6-12(15)11-19-20(16,17)14-9-7-13(8-10-14)18-4-2/h3,7-10H,1,4-6,11H2,2H3. The summed E-state index contributed by atoms with van der Waals surface area (Å²) in [7, 11) is -3.91. The van der Waals surface area contributed by atoms with E-state index in [0.29, 0.717) is 18.8 Å². The lowest BCUT2D eigenvalue weighted by molar-refractivity contribution is -0.120. The molecule has 110 valence electrons. The normalized spacial score (nSPS) is 11.1. The number of Topliss-reactive ketones (excluding diaryl/α,β-unsaturated/α-hetero) is 1. The third-order valence-electron chi connectivity index (χ3n) is 2.43. The van der Waals surface area contributed by atoms with Crippen LogP contribution in [-0.2, 0) is 19.1 Å². The van der Waals surface area contributed by atoms with Crippen molar-refractivity contribution >= 4 is 15.9 Å². The Labute approximate surface area is 119 Å². The molecule has 0 aromatic heterocycles. The molecule has 0 spiro atoms. The van der Waals surface area contributed by atoms with Gasteiger partial charge in [-0.05, 0) is 37.6 Å². The number of benzene rings is 1. The SMILES string of the molecule is C=CCCC(=O)COS(=O)(=O)c1ccc(OCC)cc1. The molecule has 0 amide bonds. The highest BCUT2D eigenvalue weighted by Gasteiger charge is 2.16. The first-order valence-corrected chi connectivity index (χ1v) is 7.65. The second-order valence-corrected chi connectivity index (χ2v) is 5.60. The van der Waals surface area contributed by atoms with Crippen LogP contribution in [0.5, 0.6) is 5.75 Å². The summed E-state index contributed by atoms with van der Waals surface area (Å²) in [6.07, 6.45) is 2.33. The summed E-state index contributed by atoms with van der Waals surface area (Å²) in [4.78, 5) is 11.4. The van der Waals surface area contributed by atoms with Crippen LogP contribution >= 0.6 is 0 Å². The molecule has 20 heavy (non-hydrogen) atoms. The minimum Gasteiger partial charge on any atom is -0.494 e. The molecule has 1 aromatic rings. The Kier molecular flexibility index (Phi) is 6.41. The molecule has 0 aliphatic carbocycles. The zero-order chi connectivity index (χ0) is 15.0. The Bertz CT molecular complexity index is 545. The van der Waals surface area contributed by atoms with Gasteiger partial charge < -0.3 is 4.74 Å². The van der Waals surface area contributed by atoms with Gasteiger partial charge in [0.1, 0.15) is 12.4 Å². The van der Waals surface area contributed by atoms with E-state index >= 15 is 0 Å². The van der Waals surface area contributed by atoms with Gasteiger partial charge in [0, 0.05) is 6.42 Å². The maximum Gasteiger partial charge on any atom is 0.297 e. The van der Waals surface area contributed by atoms with Crippen LogP contribution in [0.15, 0.2) is 41.8 Å². The highest BCUT2D eigenvalue weighted by molar-refractivity contribution is 7.86. The van der Waals surface area contributed by atoms with E-state index in [-0.39, 0.29) is 17.1 Å². The summed E-state index contributed by atoms with van der Waals surface area (Å²) in [6.45, 7) is 5.37. The van der Waals surface area contributed by atoms with Gasteiger partial charge in [0.2, 0.25) is 0 Å². The van der Waals surface area contributed by atoms with Crippen molar-refractivity contribution in [1.82, 2.24) is 0 Å². The Morgan fingerprint density at radius 1 is 1.30 bits per heavy atom. The van der Waals surface area contributed by atoms with E-state index in [1.54, 1.807) is 18.2 Å². The van der Waals surface area contributed by atoms with Crippen molar-refractivity contribution < 1.29 is 22.1 Å². The molecule has 0 saturated carbocycles. The highest BCUT2D eigenvalue weighted by Crippen LogP contribution is 2.17. The lowest BCUT2D eigenvalue weighted by Crippen LogP contribution is -2.14. The molecule has 0 aliphatic heterocycles. The molecular formula is C14H18O5S. The third kappa shape index (κ3) is 5.14. The largest absolute Gasteiger partial charge is 0.494 e. The molecule has 0 saturated heterocycles. The van der Waals surface area contributed by atoms with Crippen molar-refractivity contribution in [2.45, 2.75) is 24.7 Å². The topological polar surface area (TPSA) is 69.7 Å². The first kappa shape index (κ1) is 16.4. The number of ketones is 1. The summed E-state index contributed by atoms with van der Waals surface area (Å²) >= 11 is 0. The summed E-state index contributed by atoms with van der Waals surface area (Å²) in [5.41, 5.74) is 0. The minimum atomic E-state index is -3.91. The van der Waals surface area contributed by atoms with Gasteiger partial charge in [-0.25, -0.2) is 0 Å². The summed E-state index contributed by atoms with van der Waals surface area (Å²) in [6, 6.07) is 5.85. The molecule has 5 nitrogen and oxygen atoms in total. The van der Waals surface area contributed by atoms with Crippen LogP contribution < -0.4 is 4.74 Å². The van der Waals surface area contributed by atoms with E-state index in [9.17, 15) is 13.2 Å². The van der Waals surface area contributed by atoms with Crippen LogP contribution in [0.1, 0.15) is 19.8 Å². The monoisotopic (exact) mass is 298 g/mol. The molecule has 6 heteroatoms. The van der Waals surface area contributed by atoms with Crippen LogP contribution in [0, 0.1) is 0 Å². The van der Waals surface area contributed by atoms with Crippen molar-refractivity contribution in [3.8, 4) is 5.75 Å². The van der Waals surface area contributed by atoms with Crippen molar-refractivity contribution in [2.24, 2.45) is 0 Å². The van der Waals surface area contributed by atoms with E-state index in [0.717, 1.165) is 0 Å². The van der Waals surface area contributed by atoms with E-state index < -0.39 is 16.7 Å². The number of carbonyl (C=O) groups is 1. The number of ether oxygens (including phenoxy) is 1. The zero-order valence-electron chi connectivity index (χ0n) is 11.4. The highest BCUT2D eigenvalue weighted by atomic mass is 32.2. The van der Waals surface area contributed by atoms with Crippen molar-refractivity contribution in [1.29, 1.82) is 0 Å². The van der Waals surface area contributed by atoms with Crippen molar-refractivity contribution in [3.63, 3.8) is 0 Å². The number of carbonyl (C=O) groups excluding carboxylic acids is 1. The summed E-state index contributed by atoms with van der Waals surface area (Å²) in [5.74, 6) is 0.299. The second-order valence-electron chi connectivity index (χ2n) is 3.99. The molecule has 1 rings (SSSR count). The molecule has 0 heterocycles. The van der Waals surface area contributed by atoms with Gasteiger partial charge in [-0.1, -0.05) is 6.08 Å². The van der Waals surface area contributed by atoms with Gasteiger partial charge in [0.15, 0.2) is 5.78 Å². The van der Waals surface area contributed by atoms with Crippen LogP contribution in [-0.4, -0.2) is 27.4 Å². The fraction of sp³-hybridized carbons (Fsp3) is 0.357. The fourth-order valence-corrected chi connectivity index (χ4v) is 2.31. The predicted octanol–water partition coefficient (Wildman–Crippen LogP) is 2.33. The zero-order valence-corrected chi connectivity index (χ0v) is 12.2. The molecule has 0 fully saturated rings. The average Bonchev–Trinajstić information content (AvgIpc) is 2.44. The minimum absolute atomic E-state index is 0.00234. The van der Waals surface area contributed by atoms with Crippen molar-refractivity contribution in [3.05, 3.63) is 36.9 Å². The van der Waals surface area contributed by atoms with E-state index in [4.69, 9.17) is 8.92 Å². The van der Waals surface area contributed by atoms with Crippen LogP contribution in [0.25, 0.3) is 0 Å². The Morgan fingerprint density at radius 3 is 2.50 bits per heavy atom. The Balaban J connectivity index is 2.64. The molecule has 0 bridgehead atoms. The maximum absolute atomic E-state index is 11.8. The lowest BCUT2D eigenvalue weighted by Gasteiger charge is -2.06. The van der Waals surface area contributed by atoms with Gasteiger partial charge in [0.05, 0.1) is 11.5 Å². The lowest BCUT2D eigenvalue weighted by atomic mass is 10.2. The maximum atomic E-state index is 11.8. The van der Waals surface area contributed by atoms with E-state index in [1.807, 2.05) is 6.92 Å². The Hall–Kier alpha value is -1.66. The van der Waals surface area contributed by atoms with E-state index in [1.165, 1.54) is 12.1 Å². The summed E-state index contributed by atoms with van der Waals surface area (Å²) in [5, 5.41) is 0. The molecule has 0 N–H and O–H groups in total. The van der Waals surface area contributed by atoms with Gasteiger partial charge >= 0.3 is 0 Å². The number of allylic oxidation sites excluding steroid dienone is 1. The van der Waals surface area contributed by atoms with E-state index in [2.05, 4.69) is 6.58 Å². The molecule has 0 unspecified atom stereocenters. The van der Waals surface area contributed by atoms with Crippen LogP contribution in [0.2, 0.25) is 0 Å². The molecule has 1 aromatic carbocycles. The quantitative estimate of drug-likeness (QED) is 0.517. The van der Waals surface area contributed by atoms with Crippen LogP contribution in [0.4, 0.5) is 0 Å². The van der Waals surface area contributed by atoms with Gasteiger partial charge in [-0.3, -0.25) is 8.98 Å². The number of rotatable bonds is 9. The number of hydrogen-bond donors (Lipinski definition) is 0. The Morgan fingerprint density at radius 2 is 1.95 bits per heavy atom. The second kappa shape index (κ2) is 7.81. The molecule has 0 atom stereocenters. The third-order valence-corrected chi connectivity index (χ3v) is 3.70. The molecular weight excluding hydrogens is 280 g/mol. The smallest absolute Gasteiger partial charge is 0.297 e. The van der Waals surface area contributed by atoms with Gasteiger partial charge in [-0.2, -0.15) is 8.42 Å². The molecule has 0 aliphatic rings. The first-order valence-electron chi connectivity index (χ1n) is 6.24. The van der Waals surface area contributed by atoms with Gasteiger partial charge in [-0.15, -0.1) is 6.58 Å². The van der Waals surface area contributed by atoms with Crippen molar-refractivity contribution in [2.75, 3.05) is 13.2 Å². The first-order chi connectivity index (χ1) is 9.49. The number of hydrogen-bond acceptors (Lipinski definition) is 5. The van der Waals surface area contributed by atoms with Gasteiger partial charge in [0.25, 0.3) is 10.1 Å². The molecule has 0 radical (unpaired) electrons. The average molecular weight is 298 g/mol. The fourth-order valence-electron chi connectivity index (χ4n) is 1.42. The predicted molar refractivity (Wildman–Crippen MR) is 75.2 cm³/mol.